The van der Waals surface area contributed by atoms with Gasteiger partial charge in [0.05, 0.1) is 11.7 Å². The number of fused-ring (bicyclic) bond motifs is 1. The predicted molar refractivity (Wildman–Crippen MR) is 140 cm³/mol. The van der Waals surface area contributed by atoms with Crippen molar-refractivity contribution < 1.29 is 9.21 Å². The standard InChI is InChI=1S/C28H30N2O2.C2H6/c29-27(31)28(23-7-3-1-4-8-23,24-9-5-2-6-10-24)25-14-17-30(20-25)16-13-21-11-12-26-22(19-21)15-18-32-26;1-2/h1-9,11-12,15,18-19,24-25H,10,13-14,16-17,20H2,(H2,29,31);1-2H3/t24?,25?,28-;/m1./s1. The molecule has 3 aromatic rings. The topological polar surface area (TPSA) is 59.5 Å². The monoisotopic (exact) mass is 456 g/mol. The van der Waals surface area contributed by atoms with Crippen LogP contribution in [0.25, 0.3) is 11.0 Å². The SMILES string of the molecule is CC.NC(=O)[C@](c1ccccc1)(C1C=CC=CC1)C1CCN(CCc2ccc3occc3c2)C1. The van der Waals surface area contributed by atoms with E-state index in [1.807, 2.05) is 44.2 Å². The molecule has 0 radical (unpaired) electrons. The summed E-state index contributed by atoms with van der Waals surface area (Å²) < 4.78 is 5.46. The van der Waals surface area contributed by atoms with E-state index in [4.69, 9.17) is 10.2 Å². The first kappa shape index (κ1) is 24.0. The number of hydrogen-bond donors (Lipinski definition) is 1. The Morgan fingerprint density at radius 1 is 1.12 bits per heavy atom. The second-order valence-electron chi connectivity index (χ2n) is 9.08. The van der Waals surface area contributed by atoms with Gasteiger partial charge in [-0.15, -0.1) is 0 Å². The Bertz CT molecular complexity index is 1150. The molecule has 0 bridgehead atoms. The Hall–Kier alpha value is -3.11. The normalized spacial score (nSPS) is 21.7. The Balaban J connectivity index is 0.00000133. The molecule has 3 atom stereocenters. The molecule has 0 spiro atoms. The fraction of sp³-hybridized carbons (Fsp3) is 0.367. The van der Waals surface area contributed by atoms with Crippen LogP contribution in [0, 0.1) is 11.8 Å². The summed E-state index contributed by atoms with van der Waals surface area (Å²) in [6.45, 7) is 6.86. The molecular formula is C30H36N2O2. The number of rotatable bonds is 7. The quantitative estimate of drug-likeness (QED) is 0.483. The van der Waals surface area contributed by atoms with Crippen molar-refractivity contribution in [1.29, 1.82) is 0 Å². The number of nitrogens with zero attached hydrogens (tertiary/aromatic N) is 1. The van der Waals surface area contributed by atoms with Crippen LogP contribution in [-0.4, -0.2) is 30.4 Å². The van der Waals surface area contributed by atoms with Crippen LogP contribution in [0.15, 0.2) is 89.6 Å². The molecule has 4 heteroatoms. The van der Waals surface area contributed by atoms with Crippen LogP contribution < -0.4 is 5.73 Å². The van der Waals surface area contributed by atoms with E-state index >= 15 is 0 Å². The number of furan rings is 1. The summed E-state index contributed by atoms with van der Waals surface area (Å²) in [5.41, 5.74) is 8.85. The molecule has 0 saturated carbocycles. The number of carbonyl (C=O) groups is 1. The Morgan fingerprint density at radius 3 is 2.68 bits per heavy atom. The fourth-order valence-corrected chi connectivity index (χ4v) is 5.78. The highest BCUT2D eigenvalue weighted by molar-refractivity contribution is 5.88. The van der Waals surface area contributed by atoms with Crippen molar-refractivity contribution in [1.82, 2.24) is 4.90 Å². The maximum absolute atomic E-state index is 13.2. The number of allylic oxidation sites excluding steroid dienone is 4. The molecule has 1 saturated heterocycles. The summed E-state index contributed by atoms with van der Waals surface area (Å²) in [6.07, 6.45) is 13.0. The number of nitrogens with two attached hydrogens (primary N) is 1. The third-order valence-electron chi connectivity index (χ3n) is 7.37. The number of benzene rings is 2. The van der Waals surface area contributed by atoms with Crippen LogP contribution in [0.2, 0.25) is 0 Å². The lowest BCUT2D eigenvalue weighted by Crippen LogP contribution is -2.53. The number of hydrogen-bond acceptors (Lipinski definition) is 3. The summed E-state index contributed by atoms with van der Waals surface area (Å²) in [5.74, 6) is 0.0756. The van der Waals surface area contributed by atoms with Crippen LogP contribution in [0.4, 0.5) is 0 Å². The van der Waals surface area contributed by atoms with Gasteiger partial charge in [0.2, 0.25) is 5.91 Å². The lowest BCUT2D eigenvalue weighted by molar-refractivity contribution is -0.127. The Morgan fingerprint density at radius 2 is 1.94 bits per heavy atom. The molecule has 1 fully saturated rings. The zero-order valence-electron chi connectivity index (χ0n) is 20.3. The van der Waals surface area contributed by atoms with Crippen molar-refractivity contribution >= 4 is 16.9 Å². The summed E-state index contributed by atoms with van der Waals surface area (Å²) in [4.78, 5) is 15.7. The van der Waals surface area contributed by atoms with Gasteiger partial charge < -0.3 is 15.1 Å². The average Bonchev–Trinajstić information content (AvgIpc) is 3.55. The van der Waals surface area contributed by atoms with Gasteiger partial charge in [-0.1, -0.05) is 74.5 Å². The smallest absolute Gasteiger partial charge is 0.229 e. The summed E-state index contributed by atoms with van der Waals surface area (Å²) in [6, 6.07) is 18.6. The van der Waals surface area contributed by atoms with E-state index in [9.17, 15) is 4.79 Å². The van der Waals surface area contributed by atoms with Crippen molar-refractivity contribution in [2.45, 2.75) is 38.5 Å². The first-order valence-corrected chi connectivity index (χ1v) is 12.5. The molecule has 1 aromatic heterocycles. The van der Waals surface area contributed by atoms with Crippen molar-refractivity contribution in [2.24, 2.45) is 17.6 Å². The zero-order valence-corrected chi connectivity index (χ0v) is 20.3. The second-order valence-corrected chi connectivity index (χ2v) is 9.08. The predicted octanol–water partition coefficient (Wildman–Crippen LogP) is 5.88. The largest absolute Gasteiger partial charge is 0.464 e. The van der Waals surface area contributed by atoms with Gasteiger partial charge in [-0.3, -0.25) is 4.79 Å². The van der Waals surface area contributed by atoms with Crippen LogP contribution in [0.1, 0.15) is 37.8 Å². The second kappa shape index (κ2) is 10.9. The van der Waals surface area contributed by atoms with Gasteiger partial charge in [-0.05, 0) is 67.0 Å². The van der Waals surface area contributed by atoms with Crippen molar-refractivity contribution in [2.75, 3.05) is 19.6 Å². The van der Waals surface area contributed by atoms with Crippen LogP contribution in [-0.2, 0) is 16.6 Å². The molecule has 4 nitrogen and oxygen atoms in total. The molecule has 2 aromatic carbocycles. The lowest BCUT2D eigenvalue weighted by atomic mass is 9.60. The van der Waals surface area contributed by atoms with E-state index in [-0.39, 0.29) is 17.7 Å². The first-order valence-electron chi connectivity index (χ1n) is 12.5. The Kier molecular flexibility index (Phi) is 7.69. The maximum Gasteiger partial charge on any atom is 0.229 e. The molecule has 178 valence electrons. The summed E-state index contributed by atoms with van der Waals surface area (Å²) in [5, 5.41) is 1.15. The molecular weight excluding hydrogens is 420 g/mol. The lowest BCUT2D eigenvalue weighted by Gasteiger charge is -2.42. The third kappa shape index (κ3) is 4.60. The van der Waals surface area contributed by atoms with Crippen LogP contribution in [0.3, 0.4) is 0 Å². The fourth-order valence-electron chi connectivity index (χ4n) is 5.78. The van der Waals surface area contributed by atoms with Crippen molar-refractivity contribution in [3.8, 4) is 0 Å². The first-order chi connectivity index (χ1) is 16.7. The molecule has 2 N–H and O–H groups in total. The van der Waals surface area contributed by atoms with E-state index in [1.165, 1.54) is 5.56 Å². The summed E-state index contributed by atoms with van der Waals surface area (Å²) in [7, 11) is 0. The van der Waals surface area contributed by atoms with Crippen LogP contribution in [0.5, 0.6) is 0 Å². The molecule has 5 rings (SSSR count). The van der Waals surface area contributed by atoms with Gasteiger partial charge in [0, 0.05) is 18.5 Å². The molecule has 2 heterocycles. The minimum atomic E-state index is -0.688. The molecule has 34 heavy (non-hydrogen) atoms. The highest BCUT2D eigenvalue weighted by atomic mass is 16.3. The van der Waals surface area contributed by atoms with Crippen molar-refractivity contribution in [3.05, 3.63) is 96.3 Å². The Labute approximate surface area is 203 Å². The highest BCUT2D eigenvalue weighted by Crippen LogP contribution is 2.46. The third-order valence-corrected chi connectivity index (χ3v) is 7.37. The average molecular weight is 457 g/mol. The van der Waals surface area contributed by atoms with Crippen LogP contribution >= 0.6 is 0 Å². The van der Waals surface area contributed by atoms with E-state index in [0.717, 1.165) is 55.4 Å². The summed E-state index contributed by atoms with van der Waals surface area (Å²) >= 11 is 0. The number of amides is 1. The number of carbonyl (C=O) groups excluding carboxylic acids is 1. The molecule has 2 aliphatic rings. The van der Waals surface area contributed by atoms with E-state index in [1.54, 1.807) is 6.26 Å². The number of likely N-dealkylation sites (tertiary alicyclic amines) is 1. The van der Waals surface area contributed by atoms with Gasteiger partial charge in [0.15, 0.2) is 0 Å². The molecule has 1 aliphatic heterocycles. The van der Waals surface area contributed by atoms with E-state index in [0.29, 0.717) is 0 Å². The van der Waals surface area contributed by atoms with Gasteiger partial charge in [0.25, 0.3) is 0 Å². The minimum Gasteiger partial charge on any atom is -0.464 e. The van der Waals surface area contributed by atoms with Crippen molar-refractivity contribution in [3.63, 3.8) is 0 Å². The van der Waals surface area contributed by atoms with E-state index < -0.39 is 5.41 Å². The van der Waals surface area contributed by atoms with Gasteiger partial charge in [-0.25, -0.2) is 0 Å². The van der Waals surface area contributed by atoms with Gasteiger partial charge >= 0.3 is 0 Å². The minimum absolute atomic E-state index is 0.0841. The van der Waals surface area contributed by atoms with E-state index in [2.05, 4.69) is 53.5 Å². The number of primary amides is 1. The molecule has 1 aliphatic carbocycles. The molecule has 1 amide bonds. The molecule has 2 unspecified atom stereocenters. The zero-order chi connectivity index (χ0) is 24.0. The van der Waals surface area contributed by atoms with Gasteiger partial charge in [0.1, 0.15) is 5.58 Å². The highest BCUT2D eigenvalue weighted by Gasteiger charge is 2.52. The van der Waals surface area contributed by atoms with Gasteiger partial charge in [-0.2, -0.15) is 0 Å². The maximum atomic E-state index is 13.2.